The summed E-state index contributed by atoms with van der Waals surface area (Å²) in [5.74, 6) is 0.746. The molecule has 1 aliphatic carbocycles. The maximum atomic E-state index is 11.9. The fourth-order valence-electron chi connectivity index (χ4n) is 1.96. The van der Waals surface area contributed by atoms with Crippen molar-refractivity contribution in [1.82, 2.24) is 4.98 Å². The molecule has 1 heterocycles. The highest BCUT2D eigenvalue weighted by atomic mass is 32.1. The lowest BCUT2D eigenvalue weighted by Crippen LogP contribution is -2.08. The Balaban J connectivity index is 2.07. The molecular weight excluding hydrogens is 232 g/mol. The summed E-state index contributed by atoms with van der Waals surface area (Å²) >= 11 is 1.72. The number of nitrogens with zero attached hydrogens (tertiary/aromatic N) is 1. The SMILES string of the molecule is NCCC(=O)c1cccc2sc(C3CC3)nc12. The molecule has 1 saturated carbocycles. The number of thiazole rings is 1. The lowest BCUT2D eigenvalue weighted by molar-refractivity contribution is 0.0987. The molecule has 1 fully saturated rings. The van der Waals surface area contributed by atoms with Crippen LogP contribution in [-0.2, 0) is 0 Å². The van der Waals surface area contributed by atoms with Gasteiger partial charge in [0, 0.05) is 17.9 Å². The zero-order valence-electron chi connectivity index (χ0n) is 9.48. The van der Waals surface area contributed by atoms with E-state index in [1.807, 2.05) is 18.2 Å². The standard InChI is InChI=1S/C13H14N2OS/c14-7-6-10(16)9-2-1-3-11-12(9)15-13(17-11)8-4-5-8/h1-3,8H,4-7,14H2. The van der Waals surface area contributed by atoms with E-state index in [9.17, 15) is 4.79 Å². The Morgan fingerprint density at radius 3 is 3.00 bits per heavy atom. The van der Waals surface area contributed by atoms with Crippen LogP contribution in [0.1, 0.15) is 40.5 Å². The van der Waals surface area contributed by atoms with E-state index in [0.29, 0.717) is 18.9 Å². The van der Waals surface area contributed by atoms with Crippen molar-refractivity contribution in [2.45, 2.75) is 25.2 Å². The van der Waals surface area contributed by atoms with Crippen molar-refractivity contribution in [3.8, 4) is 0 Å². The van der Waals surface area contributed by atoms with Gasteiger partial charge in [0.05, 0.1) is 15.2 Å². The molecule has 0 spiro atoms. The molecule has 0 amide bonds. The van der Waals surface area contributed by atoms with Crippen LogP contribution in [0.4, 0.5) is 0 Å². The fraction of sp³-hybridized carbons (Fsp3) is 0.385. The minimum absolute atomic E-state index is 0.103. The Hall–Kier alpha value is -1.26. The van der Waals surface area contributed by atoms with E-state index >= 15 is 0 Å². The number of carbonyl (C=O) groups excluding carboxylic acids is 1. The molecule has 3 nitrogen and oxygen atoms in total. The predicted molar refractivity (Wildman–Crippen MR) is 69.6 cm³/mol. The average molecular weight is 246 g/mol. The Bertz CT molecular complexity index is 572. The molecule has 0 bridgehead atoms. The second-order valence-electron chi connectivity index (χ2n) is 4.44. The minimum atomic E-state index is 0.103. The van der Waals surface area contributed by atoms with Gasteiger partial charge in [-0.25, -0.2) is 4.98 Å². The van der Waals surface area contributed by atoms with Crippen LogP contribution >= 0.6 is 11.3 Å². The van der Waals surface area contributed by atoms with Crippen molar-refractivity contribution in [1.29, 1.82) is 0 Å². The summed E-state index contributed by atoms with van der Waals surface area (Å²) < 4.78 is 1.12. The van der Waals surface area contributed by atoms with Crippen molar-refractivity contribution in [3.05, 3.63) is 28.8 Å². The molecule has 3 rings (SSSR count). The second-order valence-corrected chi connectivity index (χ2v) is 5.50. The van der Waals surface area contributed by atoms with Gasteiger partial charge in [-0.05, 0) is 31.5 Å². The van der Waals surface area contributed by atoms with Crippen molar-refractivity contribution in [3.63, 3.8) is 0 Å². The van der Waals surface area contributed by atoms with Crippen LogP contribution in [0.25, 0.3) is 10.2 Å². The monoisotopic (exact) mass is 246 g/mol. The molecule has 0 aliphatic heterocycles. The summed E-state index contributed by atoms with van der Waals surface area (Å²) in [6.45, 7) is 0.398. The van der Waals surface area contributed by atoms with E-state index in [2.05, 4.69) is 4.98 Å². The number of carbonyl (C=O) groups is 1. The molecule has 0 unspecified atom stereocenters. The van der Waals surface area contributed by atoms with Crippen LogP contribution in [0.15, 0.2) is 18.2 Å². The second kappa shape index (κ2) is 4.20. The number of aromatic nitrogens is 1. The molecule has 4 heteroatoms. The molecule has 17 heavy (non-hydrogen) atoms. The van der Waals surface area contributed by atoms with Crippen LogP contribution < -0.4 is 5.73 Å². The predicted octanol–water partition coefficient (Wildman–Crippen LogP) is 2.71. The number of fused-ring (bicyclic) bond motifs is 1. The first-order valence-corrected chi connectivity index (χ1v) is 6.74. The maximum absolute atomic E-state index is 11.9. The number of benzene rings is 1. The van der Waals surface area contributed by atoms with Gasteiger partial charge in [-0.1, -0.05) is 6.07 Å². The van der Waals surface area contributed by atoms with Gasteiger partial charge in [-0.3, -0.25) is 4.79 Å². The third kappa shape index (κ3) is 1.98. The summed E-state index contributed by atoms with van der Waals surface area (Å²) in [5.41, 5.74) is 7.04. The van der Waals surface area contributed by atoms with Crippen molar-refractivity contribution < 1.29 is 4.79 Å². The quantitative estimate of drug-likeness (QED) is 0.844. The normalized spacial score (nSPS) is 15.4. The van der Waals surface area contributed by atoms with E-state index < -0.39 is 0 Å². The van der Waals surface area contributed by atoms with Crippen molar-refractivity contribution in [2.75, 3.05) is 6.54 Å². The molecule has 88 valence electrons. The lowest BCUT2D eigenvalue weighted by Gasteiger charge is -1.99. The summed E-state index contributed by atoms with van der Waals surface area (Å²) in [5, 5.41) is 1.19. The van der Waals surface area contributed by atoms with Gasteiger partial charge in [0.15, 0.2) is 5.78 Å². The molecule has 0 atom stereocenters. The van der Waals surface area contributed by atoms with Crippen LogP contribution in [0.3, 0.4) is 0 Å². The number of Topliss-reactive ketones (excluding diaryl/α,β-unsaturated/α-hetero) is 1. The minimum Gasteiger partial charge on any atom is -0.330 e. The van der Waals surface area contributed by atoms with Gasteiger partial charge in [-0.15, -0.1) is 11.3 Å². The molecule has 1 aromatic carbocycles. The van der Waals surface area contributed by atoms with Crippen LogP contribution in [0.2, 0.25) is 0 Å². The molecule has 0 saturated heterocycles. The van der Waals surface area contributed by atoms with E-state index in [1.54, 1.807) is 11.3 Å². The number of hydrogen-bond acceptors (Lipinski definition) is 4. The number of ketones is 1. The number of para-hydroxylation sites is 1. The Labute approximate surface area is 104 Å². The zero-order chi connectivity index (χ0) is 11.8. The molecular formula is C13H14N2OS. The third-order valence-electron chi connectivity index (χ3n) is 3.03. The number of nitrogens with two attached hydrogens (primary N) is 1. The first-order valence-electron chi connectivity index (χ1n) is 5.92. The van der Waals surface area contributed by atoms with E-state index in [4.69, 9.17) is 5.73 Å². The highest BCUT2D eigenvalue weighted by Crippen LogP contribution is 2.43. The van der Waals surface area contributed by atoms with Gasteiger partial charge in [0.2, 0.25) is 0 Å². The van der Waals surface area contributed by atoms with E-state index in [1.165, 1.54) is 17.8 Å². The first-order chi connectivity index (χ1) is 8.29. The molecule has 2 N–H and O–H groups in total. The van der Waals surface area contributed by atoms with E-state index in [0.717, 1.165) is 15.8 Å². The number of hydrogen-bond donors (Lipinski definition) is 1. The van der Waals surface area contributed by atoms with Gasteiger partial charge in [-0.2, -0.15) is 0 Å². The van der Waals surface area contributed by atoms with Gasteiger partial charge < -0.3 is 5.73 Å². The summed E-state index contributed by atoms with van der Waals surface area (Å²) in [4.78, 5) is 16.6. The van der Waals surface area contributed by atoms with Gasteiger partial charge in [0.1, 0.15) is 0 Å². The molecule has 0 radical (unpaired) electrons. The van der Waals surface area contributed by atoms with Crippen molar-refractivity contribution >= 4 is 27.3 Å². The smallest absolute Gasteiger partial charge is 0.166 e. The van der Waals surface area contributed by atoms with Gasteiger partial charge >= 0.3 is 0 Å². The number of rotatable bonds is 4. The highest BCUT2D eigenvalue weighted by Gasteiger charge is 2.27. The average Bonchev–Trinajstić information content (AvgIpc) is 3.08. The zero-order valence-corrected chi connectivity index (χ0v) is 10.3. The summed E-state index contributed by atoms with van der Waals surface area (Å²) in [7, 11) is 0. The molecule has 2 aromatic rings. The first kappa shape index (κ1) is 10.9. The van der Waals surface area contributed by atoms with Gasteiger partial charge in [0.25, 0.3) is 0 Å². The fourth-order valence-corrected chi connectivity index (χ4v) is 3.12. The van der Waals surface area contributed by atoms with E-state index in [-0.39, 0.29) is 5.78 Å². The Morgan fingerprint density at radius 2 is 2.29 bits per heavy atom. The third-order valence-corrected chi connectivity index (χ3v) is 4.22. The highest BCUT2D eigenvalue weighted by molar-refractivity contribution is 7.18. The maximum Gasteiger partial charge on any atom is 0.166 e. The molecule has 1 aliphatic rings. The van der Waals surface area contributed by atoms with Crippen LogP contribution in [0.5, 0.6) is 0 Å². The van der Waals surface area contributed by atoms with Crippen molar-refractivity contribution in [2.24, 2.45) is 5.73 Å². The largest absolute Gasteiger partial charge is 0.330 e. The van der Waals surface area contributed by atoms with Crippen LogP contribution in [-0.4, -0.2) is 17.3 Å². The Morgan fingerprint density at radius 1 is 1.47 bits per heavy atom. The summed E-state index contributed by atoms with van der Waals surface area (Å²) in [6.07, 6.45) is 2.88. The topological polar surface area (TPSA) is 56.0 Å². The van der Waals surface area contributed by atoms with Crippen LogP contribution in [0, 0.1) is 0 Å². The lowest BCUT2D eigenvalue weighted by atomic mass is 10.1. The Kier molecular flexibility index (Phi) is 2.68. The summed E-state index contributed by atoms with van der Waals surface area (Å²) in [6, 6.07) is 5.83. The molecule has 1 aromatic heterocycles.